The second-order valence-electron chi connectivity index (χ2n) is 4.70. The van der Waals surface area contributed by atoms with Crippen LogP contribution >= 0.6 is 11.6 Å². The van der Waals surface area contributed by atoms with Crippen LogP contribution in [-0.2, 0) is 0 Å². The Morgan fingerprint density at radius 2 is 1.89 bits per heavy atom. The maximum absolute atomic E-state index is 6.16. The van der Waals surface area contributed by atoms with E-state index in [1.54, 1.807) is 0 Å². The largest absolute Gasteiger partial charge is 0.319 e. The lowest BCUT2D eigenvalue weighted by molar-refractivity contribution is 0.716. The van der Waals surface area contributed by atoms with Crippen molar-refractivity contribution >= 4 is 11.6 Å². The van der Waals surface area contributed by atoms with Crippen LogP contribution in [0.25, 0.3) is 11.4 Å². The molecule has 1 atom stereocenters. The predicted octanol–water partition coefficient (Wildman–Crippen LogP) is 4.15. The Morgan fingerprint density at radius 3 is 2.74 bits per heavy atom. The molecule has 0 fully saturated rings. The standard InChI is InChI=1S/C16H11ClN2/c17-12-6-7-13-14(10-12)15(11-4-2-1-3-5-11)19-9-8-18-16(13)19/h1-10,15H. The molecule has 92 valence electrons. The molecule has 3 aromatic rings. The highest BCUT2D eigenvalue weighted by atomic mass is 35.5. The quantitative estimate of drug-likeness (QED) is 0.506. The number of aromatic nitrogens is 2. The maximum Gasteiger partial charge on any atom is 0.141 e. The number of benzene rings is 2. The van der Waals surface area contributed by atoms with Gasteiger partial charge >= 0.3 is 0 Å². The van der Waals surface area contributed by atoms with Crippen LogP contribution in [0.15, 0.2) is 60.9 Å². The van der Waals surface area contributed by atoms with Gasteiger partial charge in [-0.25, -0.2) is 4.98 Å². The fourth-order valence-corrected chi connectivity index (χ4v) is 3.00. The second-order valence-corrected chi connectivity index (χ2v) is 5.14. The molecule has 0 radical (unpaired) electrons. The first-order chi connectivity index (χ1) is 9.34. The summed E-state index contributed by atoms with van der Waals surface area (Å²) in [5, 5.41) is 0.769. The minimum absolute atomic E-state index is 0.174. The van der Waals surface area contributed by atoms with E-state index >= 15 is 0 Å². The summed E-state index contributed by atoms with van der Waals surface area (Å²) in [4.78, 5) is 4.46. The zero-order chi connectivity index (χ0) is 12.8. The van der Waals surface area contributed by atoms with Crippen LogP contribution in [-0.4, -0.2) is 9.55 Å². The summed E-state index contributed by atoms with van der Waals surface area (Å²) in [5.41, 5.74) is 3.65. The molecule has 4 rings (SSSR count). The van der Waals surface area contributed by atoms with Gasteiger partial charge in [0.05, 0.1) is 6.04 Å². The Hall–Kier alpha value is -2.06. The fraction of sp³-hybridized carbons (Fsp3) is 0.0625. The van der Waals surface area contributed by atoms with E-state index in [-0.39, 0.29) is 6.04 Å². The zero-order valence-electron chi connectivity index (χ0n) is 10.1. The van der Waals surface area contributed by atoms with Crippen molar-refractivity contribution in [2.45, 2.75) is 6.04 Å². The normalized spacial score (nSPS) is 16.2. The molecule has 2 aromatic carbocycles. The average molecular weight is 267 g/mol. The Morgan fingerprint density at radius 1 is 1.05 bits per heavy atom. The van der Waals surface area contributed by atoms with Crippen molar-refractivity contribution in [3.05, 3.63) is 77.1 Å². The number of rotatable bonds is 1. The molecule has 1 unspecified atom stereocenters. The van der Waals surface area contributed by atoms with Gasteiger partial charge in [0.1, 0.15) is 5.82 Å². The molecule has 0 bridgehead atoms. The van der Waals surface area contributed by atoms with Crippen molar-refractivity contribution < 1.29 is 0 Å². The van der Waals surface area contributed by atoms with Gasteiger partial charge in [0, 0.05) is 23.0 Å². The van der Waals surface area contributed by atoms with E-state index in [2.05, 4.69) is 39.9 Å². The van der Waals surface area contributed by atoms with Crippen molar-refractivity contribution in [1.29, 1.82) is 0 Å². The Kier molecular flexibility index (Phi) is 2.26. The van der Waals surface area contributed by atoms with Crippen molar-refractivity contribution in [3.63, 3.8) is 0 Å². The van der Waals surface area contributed by atoms with E-state index < -0.39 is 0 Å². The van der Waals surface area contributed by atoms with E-state index in [9.17, 15) is 0 Å². The summed E-state index contributed by atoms with van der Waals surface area (Å²) in [6.07, 6.45) is 3.88. The smallest absolute Gasteiger partial charge is 0.141 e. The number of nitrogens with zero attached hydrogens (tertiary/aromatic N) is 2. The monoisotopic (exact) mass is 266 g/mol. The molecule has 1 aromatic heterocycles. The predicted molar refractivity (Wildman–Crippen MR) is 76.4 cm³/mol. The first kappa shape index (κ1) is 10.8. The van der Waals surface area contributed by atoms with E-state index in [0.29, 0.717) is 0 Å². The van der Waals surface area contributed by atoms with E-state index in [1.807, 2.05) is 30.6 Å². The molecule has 0 saturated carbocycles. The first-order valence-corrected chi connectivity index (χ1v) is 6.60. The van der Waals surface area contributed by atoms with Crippen LogP contribution in [0.1, 0.15) is 17.2 Å². The van der Waals surface area contributed by atoms with Crippen molar-refractivity contribution in [3.8, 4) is 11.4 Å². The molecule has 19 heavy (non-hydrogen) atoms. The van der Waals surface area contributed by atoms with Gasteiger partial charge in [-0.15, -0.1) is 0 Å². The number of fused-ring (bicyclic) bond motifs is 3. The van der Waals surface area contributed by atoms with Gasteiger partial charge < -0.3 is 4.57 Å². The van der Waals surface area contributed by atoms with Crippen molar-refractivity contribution in [2.24, 2.45) is 0 Å². The molecule has 0 amide bonds. The zero-order valence-corrected chi connectivity index (χ0v) is 10.9. The Labute approximate surface area is 116 Å². The third kappa shape index (κ3) is 1.53. The van der Waals surface area contributed by atoms with Crippen LogP contribution in [0.4, 0.5) is 0 Å². The van der Waals surface area contributed by atoms with Crippen LogP contribution < -0.4 is 0 Å². The van der Waals surface area contributed by atoms with Gasteiger partial charge in [0.25, 0.3) is 0 Å². The van der Waals surface area contributed by atoms with E-state index in [1.165, 1.54) is 16.7 Å². The summed E-state index contributed by atoms with van der Waals surface area (Å²) >= 11 is 6.16. The van der Waals surface area contributed by atoms with Gasteiger partial charge in [0.2, 0.25) is 0 Å². The van der Waals surface area contributed by atoms with Gasteiger partial charge in [0.15, 0.2) is 0 Å². The van der Waals surface area contributed by atoms with Crippen LogP contribution in [0.3, 0.4) is 0 Å². The molecule has 2 nitrogen and oxygen atoms in total. The lowest BCUT2D eigenvalue weighted by Crippen LogP contribution is -2.06. The Bertz CT molecular complexity index is 746. The van der Waals surface area contributed by atoms with Crippen LogP contribution in [0, 0.1) is 0 Å². The molecule has 0 N–H and O–H groups in total. The second kappa shape index (κ2) is 3.97. The molecule has 1 aliphatic heterocycles. The molecule has 3 heteroatoms. The molecule has 0 aliphatic carbocycles. The Balaban J connectivity index is 2.00. The third-order valence-electron chi connectivity index (χ3n) is 3.61. The molecular formula is C16H11ClN2. The van der Waals surface area contributed by atoms with Crippen LogP contribution in [0.5, 0.6) is 0 Å². The lowest BCUT2D eigenvalue weighted by Gasteiger charge is -2.15. The minimum atomic E-state index is 0.174. The molecule has 1 aliphatic rings. The maximum atomic E-state index is 6.16. The van der Waals surface area contributed by atoms with Gasteiger partial charge in [-0.2, -0.15) is 0 Å². The number of hydrogen-bond donors (Lipinski definition) is 0. The van der Waals surface area contributed by atoms with E-state index in [0.717, 1.165) is 10.8 Å². The topological polar surface area (TPSA) is 17.8 Å². The first-order valence-electron chi connectivity index (χ1n) is 6.22. The van der Waals surface area contributed by atoms with Gasteiger partial charge in [-0.05, 0) is 29.3 Å². The van der Waals surface area contributed by atoms with Gasteiger partial charge in [-0.1, -0.05) is 41.9 Å². The summed E-state index contributed by atoms with van der Waals surface area (Å²) in [7, 11) is 0. The minimum Gasteiger partial charge on any atom is -0.319 e. The number of halogens is 1. The van der Waals surface area contributed by atoms with Gasteiger partial charge in [-0.3, -0.25) is 0 Å². The number of imidazole rings is 1. The molecular weight excluding hydrogens is 256 g/mol. The molecule has 0 spiro atoms. The van der Waals surface area contributed by atoms with Crippen LogP contribution in [0.2, 0.25) is 5.02 Å². The fourth-order valence-electron chi connectivity index (χ4n) is 2.82. The highest BCUT2D eigenvalue weighted by molar-refractivity contribution is 6.30. The molecule has 2 heterocycles. The van der Waals surface area contributed by atoms with Crippen molar-refractivity contribution in [2.75, 3.05) is 0 Å². The van der Waals surface area contributed by atoms with E-state index in [4.69, 9.17) is 11.6 Å². The highest BCUT2D eigenvalue weighted by Crippen LogP contribution is 2.42. The van der Waals surface area contributed by atoms with Crippen molar-refractivity contribution in [1.82, 2.24) is 9.55 Å². The summed E-state index contributed by atoms with van der Waals surface area (Å²) < 4.78 is 2.20. The number of hydrogen-bond acceptors (Lipinski definition) is 1. The highest BCUT2D eigenvalue weighted by Gasteiger charge is 2.29. The summed E-state index contributed by atoms with van der Waals surface area (Å²) in [6, 6.07) is 16.6. The third-order valence-corrected chi connectivity index (χ3v) is 3.85. The average Bonchev–Trinajstić information content (AvgIpc) is 2.99. The SMILES string of the molecule is Clc1ccc2c(c1)C(c1ccccc1)n1ccnc1-2. The molecule has 0 saturated heterocycles. The summed E-state index contributed by atoms with van der Waals surface area (Å²) in [6.45, 7) is 0. The lowest BCUT2D eigenvalue weighted by atomic mass is 9.98. The summed E-state index contributed by atoms with van der Waals surface area (Å²) in [5.74, 6) is 1.01.